The van der Waals surface area contributed by atoms with Crippen LogP contribution in [0.5, 0.6) is 0 Å². The Bertz CT molecular complexity index is 706. The number of carbonyl (C=O) groups is 3. The largest absolute Gasteiger partial charge is 0.460 e. The van der Waals surface area contributed by atoms with E-state index >= 15 is 0 Å². The second kappa shape index (κ2) is 8.46. The van der Waals surface area contributed by atoms with Gasteiger partial charge in [-0.15, -0.1) is 0 Å². The van der Waals surface area contributed by atoms with Gasteiger partial charge in [0.25, 0.3) is 11.8 Å². The van der Waals surface area contributed by atoms with Gasteiger partial charge in [0.05, 0.1) is 17.0 Å². The van der Waals surface area contributed by atoms with Gasteiger partial charge in [0.1, 0.15) is 5.60 Å². The molecule has 5 heteroatoms. The number of hydrogen-bond donors (Lipinski definition) is 0. The van der Waals surface area contributed by atoms with Gasteiger partial charge in [-0.25, -0.2) is 0 Å². The predicted octanol–water partition coefficient (Wildman–Crippen LogP) is 4.60. The SMILES string of the molecule is CC(C)(C)OC(=O)C(CC1CCCCCC1)CN1C(=O)c2ccccc2C1=O. The average molecular weight is 386 g/mol. The number of esters is 1. The summed E-state index contributed by atoms with van der Waals surface area (Å²) in [5.74, 6) is -0.974. The topological polar surface area (TPSA) is 63.7 Å². The minimum atomic E-state index is -0.596. The van der Waals surface area contributed by atoms with Crippen LogP contribution in [0, 0.1) is 11.8 Å². The number of fused-ring (bicyclic) bond motifs is 1. The van der Waals surface area contributed by atoms with E-state index in [1.54, 1.807) is 24.3 Å². The Balaban J connectivity index is 1.77. The molecule has 3 rings (SSSR count). The first-order chi connectivity index (χ1) is 13.3. The highest BCUT2D eigenvalue weighted by molar-refractivity contribution is 6.21. The molecule has 1 saturated carbocycles. The van der Waals surface area contributed by atoms with E-state index in [-0.39, 0.29) is 24.3 Å². The smallest absolute Gasteiger partial charge is 0.311 e. The Hall–Kier alpha value is -2.17. The summed E-state index contributed by atoms with van der Waals surface area (Å²) in [7, 11) is 0. The van der Waals surface area contributed by atoms with Gasteiger partial charge in [-0.3, -0.25) is 19.3 Å². The molecule has 28 heavy (non-hydrogen) atoms. The zero-order valence-electron chi connectivity index (χ0n) is 17.2. The number of hydrogen-bond acceptors (Lipinski definition) is 4. The number of benzene rings is 1. The third-order valence-corrected chi connectivity index (χ3v) is 5.61. The van der Waals surface area contributed by atoms with Gasteiger partial charge in [0.15, 0.2) is 0 Å². The summed E-state index contributed by atoms with van der Waals surface area (Å²) < 4.78 is 5.64. The fraction of sp³-hybridized carbons (Fsp3) is 0.609. The van der Waals surface area contributed by atoms with E-state index in [0.717, 1.165) is 12.8 Å². The lowest BCUT2D eigenvalue weighted by molar-refractivity contribution is -0.160. The molecule has 1 aliphatic carbocycles. The second-order valence-corrected chi connectivity index (χ2v) is 9.09. The lowest BCUT2D eigenvalue weighted by Crippen LogP contribution is -2.40. The van der Waals surface area contributed by atoms with Crippen LogP contribution in [0.3, 0.4) is 0 Å². The lowest BCUT2D eigenvalue weighted by atomic mass is 9.88. The second-order valence-electron chi connectivity index (χ2n) is 9.09. The van der Waals surface area contributed by atoms with Crippen molar-refractivity contribution < 1.29 is 19.1 Å². The van der Waals surface area contributed by atoms with Gasteiger partial charge < -0.3 is 4.74 Å². The van der Waals surface area contributed by atoms with Crippen molar-refractivity contribution in [3.05, 3.63) is 35.4 Å². The Morgan fingerprint density at radius 2 is 1.57 bits per heavy atom. The van der Waals surface area contributed by atoms with Crippen molar-refractivity contribution >= 4 is 17.8 Å². The molecule has 0 bridgehead atoms. The Kier molecular flexibility index (Phi) is 6.21. The van der Waals surface area contributed by atoms with Gasteiger partial charge in [-0.05, 0) is 45.2 Å². The predicted molar refractivity (Wildman–Crippen MR) is 107 cm³/mol. The first-order valence-electron chi connectivity index (χ1n) is 10.4. The molecule has 1 aromatic carbocycles. The molecule has 0 spiro atoms. The summed E-state index contributed by atoms with van der Waals surface area (Å²) in [5.41, 5.74) is 0.246. The standard InChI is InChI=1S/C23H31NO4/c1-23(2,3)28-22(27)17(14-16-10-6-4-5-7-11-16)15-24-20(25)18-12-8-9-13-19(18)21(24)26/h8-9,12-13,16-17H,4-7,10-11,14-15H2,1-3H3. The van der Waals surface area contributed by atoms with Gasteiger partial charge in [0, 0.05) is 6.54 Å². The number of ether oxygens (including phenoxy) is 1. The molecule has 0 radical (unpaired) electrons. The summed E-state index contributed by atoms with van der Waals surface area (Å²) in [5, 5.41) is 0. The van der Waals surface area contributed by atoms with Crippen molar-refractivity contribution in [3.8, 4) is 0 Å². The van der Waals surface area contributed by atoms with Crippen molar-refractivity contribution in [2.75, 3.05) is 6.54 Å². The average Bonchev–Trinajstić information content (AvgIpc) is 2.82. The maximum atomic E-state index is 12.9. The normalized spacial score (nSPS) is 19.3. The highest BCUT2D eigenvalue weighted by Crippen LogP contribution is 2.31. The number of nitrogens with zero attached hydrogens (tertiary/aromatic N) is 1. The van der Waals surface area contributed by atoms with Crippen molar-refractivity contribution in [1.29, 1.82) is 0 Å². The third-order valence-electron chi connectivity index (χ3n) is 5.61. The van der Waals surface area contributed by atoms with E-state index in [1.807, 2.05) is 20.8 Å². The minimum Gasteiger partial charge on any atom is -0.460 e. The molecule has 0 aromatic heterocycles. The molecule has 1 aromatic rings. The zero-order chi connectivity index (χ0) is 20.3. The van der Waals surface area contributed by atoms with Crippen LogP contribution >= 0.6 is 0 Å². The molecular weight excluding hydrogens is 354 g/mol. The van der Waals surface area contributed by atoms with Gasteiger partial charge >= 0.3 is 5.97 Å². The van der Waals surface area contributed by atoms with E-state index in [9.17, 15) is 14.4 Å². The Labute approximate surface area is 167 Å². The van der Waals surface area contributed by atoms with Gasteiger partial charge in [0.2, 0.25) is 0 Å². The Morgan fingerprint density at radius 3 is 2.07 bits per heavy atom. The van der Waals surface area contributed by atoms with E-state index in [1.165, 1.54) is 30.6 Å². The van der Waals surface area contributed by atoms with E-state index in [2.05, 4.69) is 0 Å². The van der Waals surface area contributed by atoms with Gasteiger partial charge in [-0.1, -0.05) is 50.7 Å². The van der Waals surface area contributed by atoms with Crippen LogP contribution in [0.1, 0.15) is 86.4 Å². The minimum absolute atomic E-state index is 0.0950. The lowest BCUT2D eigenvalue weighted by Gasteiger charge is -2.28. The quantitative estimate of drug-likeness (QED) is 0.422. The van der Waals surface area contributed by atoms with Crippen molar-refractivity contribution in [3.63, 3.8) is 0 Å². The zero-order valence-corrected chi connectivity index (χ0v) is 17.2. The summed E-state index contributed by atoms with van der Waals surface area (Å²) in [6.07, 6.45) is 7.71. The van der Waals surface area contributed by atoms with Gasteiger partial charge in [-0.2, -0.15) is 0 Å². The maximum Gasteiger partial charge on any atom is 0.311 e. The molecule has 5 nitrogen and oxygen atoms in total. The maximum absolute atomic E-state index is 12.9. The van der Waals surface area contributed by atoms with Crippen molar-refractivity contribution in [2.24, 2.45) is 11.8 Å². The summed E-state index contributed by atoms with van der Waals surface area (Å²) in [6, 6.07) is 6.85. The molecule has 1 unspecified atom stereocenters. The van der Waals surface area contributed by atoms with Crippen molar-refractivity contribution in [1.82, 2.24) is 4.90 Å². The van der Waals surface area contributed by atoms with E-state index in [0.29, 0.717) is 23.5 Å². The molecule has 0 N–H and O–H groups in total. The molecular formula is C23H31NO4. The highest BCUT2D eigenvalue weighted by Gasteiger charge is 2.39. The first-order valence-corrected chi connectivity index (χ1v) is 10.4. The molecule has 2 amide bonds. The van der Waals surface area contributed by atoms with E-state index < -0.39 is 11.5 Å². The molecule has 1 fully saturated rings. The Morgan fingerprint density at radius 1 is 1.04 bits per heavy atom. The number of rotatable bonds is 5. The monoisotopic (exact) mass is 385 g/mol. The molecule has 2 aliphatic rings. The summed E-state index contributed by atoms with van der Waals surface area (Å²) in [6.45, 7) is 5.62. The van der Waals surface area contributed by atoms with Crippen molar-refractivity contribution in [2.45, 2.75) is 71.3 Å². The summed E-state index contributed by atoms with van der Waals surface area (Å²) in [4.78, 5) is 39.7. The molecule has 1 heterocycles. The fourth-order valence-corrected chi connectivity index (χ4v) is 4.26. The third kappa shape index (κ3) is 4.81. The molecule has 1 atom stereocenters. The van der Waals surface area contributed by atoms with Crippen LogP contribution in [-0.2, 0) is 9.53 Å². The van der Waals surface area contributed by atoms with E-state index in [4.69, 9.17) is 4.74 Å². The highest BCUT2D eigenvalue weighted by atomic mass is 16.6. The fourth-order valence-electron chi connectivity index (χ4n) is 4.26. The molecule has 0 saturated heterocycles. The molecule has 152 valence electrons. The van der Waals surface area contributed by atoms with Crippen LogP contribution in [0.15, 0.2) is 24.3 Å². The summed E-state index contributed by atoms with van der Waals surface area (Å²) >= 11 is 0. The number of carbonyl (C=O) groups excluding carboxylic acids is 3. The van der Waals surface area contributed by atoms with Crippen LogP contribution in [0.2, 0.25) is 0 Å². The van der Waals surface area contributed by atoms with Crippen LogP contribution in [0.4, 0.5) is 0 Å². The first kappa shape index (κ1) is 20.6. The number of amides is 2. The van der Waals surface area contributed by atoms with Crippen LogP contribution in [0.25, 0.3) is 0 Å². The van der Waals surface area contributed by atoms with Crippen LogP contribution in [-0.4, -0.2) is 34.8 Å². The number of imide groups is 1. The molecule has 1 aliphatic heterocycles. The van der Waals surface area contributed by atoms with Crippen LogP contribution < -0.4 is 0 Å².